The molecule has 2 aromatic rings. The number of benzene rings is 2. The fourth-order valence-electron chi connectivity index (χ4n) is 2.01. The summed E-state index contributed by atoms with van der Waals surface area (Å²) >= 11 is 0. The SMILES string of the molecule is Cc1c(Cc2ccccc2)ccc(C=O)c1ON. The Balaban J connectivity index is 2.38. The summed E-state index contributed by atoms with van der Waals surface area (Å²) in [6, 6.07) is 13.8. The Morgan fingerprint density at radius 3 is 2.50 bits per heavy atom. The molecule has 2 N–H and O–H groups in total. The van der Waals surface area contributed by atoms with Gasteiger partial charge in [0.15, 0.2) is 12.0 Å². The summed E-state index contributed by atoms with van der Waals surface area (Å²) in [6.45, 7) is 1.91. The predicted octanol–water partition coefficient (Wildman–Crippen LogP) is 2.65. The summed E-state index contributed by atoms with van der Waals surface area (Å²) in [4.78, 5) is 15.7. The summed E-state index contributed by atoms with van der Waals surface area (Å²) in [5.41, 5.74) is 3.70. The Bertz CT molecular complexity index is 550. The molecule has 18 heavy (non-hydrogen) atoms. The highest BCUT2D eigenvalue weighted by Crippen LogP contribution is 2.26. The molecule has 2 aromatic carbocycles. The molecule has 0 aliphatic heterocycles. The molecule has 3 nitrogen and oxygen atoms in total. The van der Waals surface area contributed by atoms with Crippen molar-refractivity contribution >= 4 is 6.29 Å². The van der Waals surface area contributed by atoms with Crippen LogP contribution in [-0.2, 0) is 6.42 Å². The lowest BCUT2D eigenvalue weighted by Gasteiger charge is -2.11. The lowest BCUT2D eigenvalue weighted by molar-refractivity contribution is 0.111. The molecule has 0 spiro atoms. The van der Waals surface area contributed by atoms with Crippen molar-refractivity contribution in [3.63, 3.8) is 0 Å². The Morgan fingerprint density at radius 1 is 1.17 bits per heavy atom. The molecule has 92 valence electrons. The third-order valence-corrected chi connectivity index (χ3v) is 3.03. The molecule has 0 amide bonds. The Hall–Kier alpha value is -2.13. The van der Waals surface area contributed by atoms with E-state index in [0.29, 0.717) is 11.3 Å². The Morgan fingerprint density at radius 2 is 1.89 bits per heavy atom. The van der Waals surface area contributed by atoms with E-state index in [9.17, 15) is 4.79 Å². The molecule has 2 rings (SSSR count). The zero-order valence-corrected chi connectivity index (χ0v) is 10.2. The average Bonchev–Trinajstić information content (AvgIpc) is 2.42. The van der Waals surface area contributed by atoms with E-state index >= 15 is 0 Å². The van der Waals surface area contributed by atoms with Crippen LogP contribution in [0.25, 0.3) is 0 Å². The molecule has 0 saturated heterocycles. The average molecular weight is 241 g/mol. The van der Waals surface area contributed by atoms with Crippen LogP contribution in [-0.4, -0.2) is 6.29 Å². The largest absolute Gasteiger partial charge is 0.410 e. The quantitative estimate of drug-likeness (QED) is 0.661. The van der Waals surface area contributed by atoms with E-state index in [0.717, 1.165) is 23.8 Å². The first-order chi connectivity index (χ1) is 8.76. The van der Waals surface area contributed by atoms with Gasteiger partial charge < -0.3 is 4.84 Å². The van der Waals surface area contributed by atoms with Crippen molar-refractivity contribution in [2.45, 2.75) is 13.3 Å². The van der Waals surface area contributed by atoms with Gasteiger partial charge in [-0.3, -0.25) is 4.79 Å². The molecule has 3 heteroatoms. The molecule has 0 fully saturated rings. The van der Waals surface area contributed by atoms with Gasteiger partial charge in [0, 0.05) is 0 Å². The maximum Gasteiger partial charge on any atom is 0.160 e. The molecule has 0 bridgehead atoms. The summed E-state index contributed by atoms with van der Waals surface area (Å²) in [5, 5.41) is 0. The van der Waals surface area contributed by atoms with Gasteiger partial charge in [0.25, 0.3) is 0 Å². The van der Waals surface area contributed by atoms with E-state index in [1.165, 1.54) is 5.56 Å². The lowest BCUT2D eigenvalue weighted by Crippen LogP contribution is -2.08. The van der Waals surface area contributed by atoms with Crippen molar-refractivity contribution in [2.75, 3.05) is 0 Å². The summed E-state index contributed by atoms with van der Waals surface area (Å²) < 4.78 is 0. The highest BCUT2D eigenvalue weighted by molar-refractivity contribution is 5.80. The van der Waals surface area contributed by atoms with Crippen molar-refractivity contribution in [1.29, 1.82) is 0 Å². The number of hydrogen-bond donors (Lipinski definition) is 1. The van der Waals surface area contributed by atoms with E-state index in [4.69, 9.17) is 10.7 Å². The molecule has 0 aliphatic rings. The van der Waals surface area contributed by atoms with Crippen molar-refractivity contribution in [2.24, 2.45) is 5.90 Å². The molecular formula is C15H15NO2. The van der Waals surface area contributed by atoms with E-state index in [2.05, 4.69) is 12.1 Å². The van der Waals surface area contributed by atoms with Crippen molar-refractivity contribution in [1.82, 2.24) is 0 Å². The standard InChI is InChI=1S/C15H15NO2/c1-11-13(9-12-5-3-2-4-6-12)7-8-14(10-17)15(11)18-16/h2-8,10H,9,16H2,1H3. The number of nitrogens with two attached hydrogens (primary N) is 1. The highest BCUT2D eigenvalue weighted by Gasteiger charge is 2.10. The van der Waals surface area contributed by atoms with E-state index in [-0.39, 0.29) is 0 Å². The van der Waals surface area contributed by atoms with Crippen molar-refractivity contribution in [3.05, 3.63) is 64.7 Å². The topological polar surface area (TPSA) is 52.3 Å². The molecule has 0 unspecified atom stereocenters. The fourth-order valence-corrected chi connectivity index (χ4v) is 2.01. The first-order valence-electron chi connectivity index (χ1n) is 5.74. The van der Waals surface area contributed by atoms with Gasteiger partial charge in [-0.15, -0.1) is 0 Å². The van der Waals surface area contributed by atoms with Crippen LogP contribution in [0, 0.1) is 6.92 Å². The summed E-state index contributed by atoms with van der Waals surface area (Å²) in [5.74, 6) is 5.69. The molecule has 0 aromatic heterocycles. The molecule has 0 atom stereocenters. The zero-order valence-electron chi connectivity index (χ0n) is 10.2. The number of rotatable bonds is 4. The first kappa shape index (κ1) is 12.3. The predicted molar refractivity (Wildman–Crippen MR) is 70.6 cm³/mol. The van der Waals surface area contributed by atoms with Crippen LogP contribution in [0.5, 0.6) is 5.75 Å². The Labute approximate surface area is 106 Å². The maximum atomic E-state index is 10.9. The van der Waals surface area contributed by atoms with Crippen LogP contribution in [0.15, 0.2) is 42.5 Å². The second-order valence-electron chi connectivity index (χ2n) is 4.17. The van der Waals surface area contributed by atoms with Crippen LogP contribution < -0.4 is 10.7 Å². The van der Waals surface area contributed by atoms with Crippen LogP contribution in [0.4, 0.5) is 0 Å². The van der Waals surface area contributed by atoms with Gasteiger partial charge in [-0.05, 0) is 36.1 Å². The van der Waals surface area contributed by atoms with Crippen LogP contribution in [0.1, 0.15) is 27.0 Å². The minimum atomic E-state index is 0.457. The highest BCUT2D eigenvalue weighted by atomic mass is 16.6. The minimum absolute atomic E-state index is 0.457. The molecular weight excluding hydrogens is 226 g/mol. The van der Waals surface area contributed by atoms with Gasteiger partial charge in [0.05, 0.1) is 5.56 Å². The minimum Gasteiger partial charge on any atom is -0.410 e. The van der Waals surface area contributed by atoms with Crippen molar-refractivity contribution in [3.8, 4) is 5.75 Å². The van der Waals surface area contributed by atoms with Gasteiger partial charge in [0.1, 0.15) is 0 Å². The third-order valence-electron chi connectivity index (χ3n) is 3.03. The van der Waals surface area contributed by atoms with Gasteiger partial charge in [-0.25, -0.2) is 0 Å². The summed E-state index contributed by atoms with van der Waals surface area (Å²) in [7, 11) is 0. The normalized spacial score (nSPS) is 10.1. The number of hydrogen-bond acceptors (Lipinski definition) is 3. The van der Waals surface area contributed by atoms with E-state index < -0.39 is 0 Å². The van der Waals surface area contributed by atoms with Gasteiger partial charge in [-0.1, -0.05) is 36.4 Å². The van der Waals surface area contributed by atoms with Crippen molar-refractivity contribution < 1.29 is 9.63 Å². The van der Waals surface area contributed by atoms with E-state index in [1.54, 1.807) is 6.07 Å². The Kier molecular flexibility index (Phi) is 3.75. The molecule has 0 radical (unpaired) electrons. The monoisotopic (exact) mass is 241 g/mol. The van der Waals surface area contributed by atoms with Gasteiger partial charge in [-0.2, -0.15) is 5.90 Å². The maximum absolute atomic E-state index is 10.9. The zero-order chi connectivity index (χ0) is 13.0. The molecule has 0 aliphatic carbocycles. The van der Waals surface area contributed by atoms with E-state index in [1.807, 2.05) is 31.2 Å². The second-order valence-corrected chi connectivity index (χ2v) is 4.17. The van der Waals surface area contributed by atoms with Crippen LogP contribution in [0.3, 0.4) is 0 Å². The lowest BCUT2D eigenvalue weighted by atomic mass is 9.98. The van der Waals surface area contributed by atoms with Crippen LogP contribution >= 0.6 is 0 Å². The smallest absolute Gasteiger partial charge is 0.160 e. The second kappa shape index (κ2) is 5.47. The first-order valence-corrected chi connectivity index (χ1v) is 5.74. The molecule has 0 saturated carbocycles. The number of carbonyl (C=O) groups excluding carboxylic acids is 1. The summed E-state index contributed by atoms with van der Waals surface area (Å²) in [6.07, 6.45) is 1.55. The number of aldehydes is 1. The molecule has 0 heterocycles. The van der Waals surface area contributed by atoms with Gasteiger partial charge in [0.2, 0.25) is 0 Å². The van der Waals surface area contributed by atoms with Crippen LogP contribution in [0.2, 0.25) is 0 Å². The number of carbonyl (C=O) groups is 1. The fraction of sp³-hybridized carbons (Fsp3) is 0.133. The third kappa shape index (κ3) is 2.41. The van der Waals surface area contributed by atoms with Gasteiger partial charge >= 0.3 is 0 Å².